The Morgan fingerprint density at radius 2 is 2.06 bits per heavy atom. The molecule has 168 valence electrons. The Morgan fingerprint density at radius 1 is 1.21 bits per heavy atom. The maximum atomic E-state index is 14.0. The van der Waals surface area contributed by atoms with E-state index in [-0.39, 0.29) is 18.0 Å². The highest BCUT2D eigenvalue weighted by molar-refractivity contribution is 5.93. The second-order valence-electron chi connectivity index (χ2n) is 8.27. The second-order valence-corrected chi connectivity index (χ2v) is 8.27. The number of carbonyl (C=O) groups is 1. The lowest BCUT2D eigenvalue weighted by molar-refractivity contribution is -0.115. The first-order chi connectivity index (χ1) is 16.0. The standard InChI is InChI=1S/C25H24FN5O2/c1-14-6-9-18(26)19(10-14)30-22(32)11-15-7-8-16(12-21(15)33-2)31-20-5-3-4-17(20)23-24(31)25(27)29-13-28-23/h6-10,12-13H,3-5,11H2,1-2H3,(H,30,32)(H2,27,28,29). The minimum absolute atomic E-state index is 0.0482. The number of nitrogens with two attached hydrogens (primary N) is 1. The Bertz CT molecular complexity index is 1400. The molecule has 2 aromatic heterocycles. The van der Waals surface area contributed by atoms with Crippen molar-refractivity contribution in [3.63, 3.8) is 0 Å². The van der Waals surface area contributed by atoms with Crippen LogP contribution in [0.5, 0.6) is 5.75 Å². The number of anilines is 2. The number of nitrogen functional groups attached to an aromatic ring is 1. The molecule has 2 aromatic carbocycles. The van der Waals surface area contributed by atoms with Crippen molar-refractivity contribution in [2.75, 3.05) is 18.2 Å². The molecule has 1 aliphatic carbocycles. The first kappa shape index (κ1) is 20.9. The van der Waals surface area contributed by atoms with E-state index >= 15 is 0 Å². The molecule has 0 atom stereocenters. The Balaban J connectivity index is 1.49. The first-order valence-corrected chi connectivity index (χ1v) is 10.8. The van der Waals surface area contributed by atoms with Crippen molar-refractivity contribution in [2.24, 2.45) is 0 Å². The second kappa shape index (κ2) is 8.20. The summed E-state index contributed by atoms with van der Waals surface area (Å²) in [4.78, 5) is 21.3. The van der Waals surface area contributed by atoms with Crippen LogP contribution in [0, 0.1) is 12.7 Å². The SMILES string of the molecule is COc1cc(-n2c3c(c4ncnc(N)c42)CCC3)ccc1CC(=O)Nc1cc(C)ccc1F. The lowest BCUT2D eigenvalue weighted by Gasteiger charge is -2.15. The average molecular weight is 445 g/mol. The van der Waals surface area contributed by atoms with E-state index in [4.69, 9.17) is 10.5 Å². The summed E-state index contributed by atoms with van der Waals surface area (Å²) in [5, 5.41) is 2.65. The van der Waals surface area contributed by atoms with Crippen LogP contribution in [0.2, 0.25) is 0 Å². The third kappa shape index (κ3) is 3.67. The molecule has 0 aliphatic heterocycles. The van der Waals surface area contributed by atoms with E-state index in [1.165, 1.54) is 23.7 Å². The Morgan fingerprint density at radius 3 is 2.88 bits per heavy atom. The van der Waals surface area contributed by atoms with Crippen molar-refractivity contribution in [3.8, 4) is 11.4 Å². The third-order valence-electron chi connectivity index (χ3n) is 6.09. The molecular formula is C25H24FN5O2. The van der Waals surface area contributed by atoms with Crippen LogP contribution in [0.25, 0.3) is 16.7 Å². The highest BCUT2D eigenvalue weighted by atomic mass is 19.1. The molecule has 8 heteroatoms. The number of ether oxygens (including phenoxy) is 1. The largest absolute Gasteiger partial charge is 0.496 e. The Hall–Kier alpha value is -3.94. The maximum Gasteiger partial charge on any atom is 0.229 e. The Kier molecular flexibility index (Phi) is 5.20. The van der Waals surface area contributed by atoms with E-state index in [2.05, 4.69) is 19.9 Å². The number of methoxy groups -OCH3 is 1. The molecule has 0 spiro atoms. The molecule has 3 N–H and O–H groups in total. The highest BCUT2D eigenvalue weighted by Crippen LogP contribution is 2.37. The summed E-state index contributed by atoms with van der Waals surface area (Å²) in [5.74, 6) is 0.202. The number of aryl methyl sites for hydroxylation is 2. The summed E-state index contributed by atoms with van der Waals surface area (Å²) < 4.78 is 21.7. The number of nitrogens with zero attached hydrogens (tertiary/aromatic N) is 3. The predicted molar refractivity (Wildman–Crippen MR) is 125 cm³/mol. The minimum Gasteiger partial charge on any atom is -0.496 e. The molecule has 0 radical (unpaired) electrons. The van der Waals surface area contributed by atoms with Crippen molar-refractivity contribution in [1.29, 1.82) is 0 Å². The molecule has 0 saturated carbocycles. The van der Waals surface area contributed by atoms with E-state index in [0.717, 1.165) is 41.5 Å². The van der Waals surface area contributed by atoms with Crippen LogP contribution in [-0.2, 0) is 24.1 Å². The van der Waals surface area contributed by atoms with Crippen LogP contribution in [0.4, 0.5) is 15.9 Å². The fourth-order valence-electron chi connectivity index (χ4n) is 4.60. The highest BCUT2D eigenvalue weighted by Gasteiger charge is 2.25. The number of halogens is 1. The van der Waals surface area contributed by atoms with Gasteiger partial charge in [-0.05, 0) is 55.5 Å². The zero-order chi connectivity index (χ0) is 23.1. The number of hydrogen-bond donors (Lipinski definition) is 2. The van der Waals surface area contributed by atoms with Crippen molar-refractivity contribution in [3.05, 3.63) is 70.9 Å². The summed E-state index contributed by atoms with van der Waals surface area (Å²) in [6, 6.07) is 10.3. The monoisotopic (exact) mass is 445 g/mol. The molecule has 0 unspecified atom stereocenters. The van der Waals surface area contributed by atoms with Crippen molar-refractivity contribution >= 4 is 28.4 Å². The summed E-state index contributed by atoms with van der Waals surface area (Å²) in [6.45, 7) is 1.84. The van der Waals surface area contributed by atoms with Gasteiger partial charge in [-0.2, -0.15) is 0 Å². The van der Waals surface area contributed by atoms with E-state index in [9.17, 15) is 9.18 Å². The molecule has 2 heterocycles. The smallest absolute Gasteiger partial charge is 0.229 e. The molecule has 0 fully saturated rings. The molecule has 1 aliphatic rings. The first-order valence-electron chi connectivity index (χ1n) is 10.8. The number of rotatable bonds is 5. The van der Waals surface area contributed by atoms with E-state index in [1.807, 2.05) is 25.1 Å². The van der Waals surface area contributed by atoms with Gasteiger partial charge in [0.15, 0.2) is 5.82 Å². The van der Waals surface area contributed by atoms with Crippen LogP contribution in [0.1, 0.15) is 28.8 Å². The van der Waals surface area contributed by atoms with Gasteiger partial charge in [-0.3, -0.25) is 4.79 Å². The Labute approximate surface area is 190 Å². The number of nitrogens with one attached hydrogen (secondary N) is 1. The van der Waals surface area contributed by atoms with Gasteiger partial charge in [-0.1, -0.05) is 12.1 Å². The van der Waals surface area contributed by atoms with E-state index in [0.29, 0.717) is 17.1 Å². The number of fused-ring (bicyclic) bond motifs is 3. The number of amides is 1. The predicted octanol–water partition coefficient (Wildman–Crippen LogP) is 4.13. The molecular weight excluding hydrogens is 421 g/mol. The average Bonchev–Trinajstić information content (AvgIpc) is 3.38. The van der Waals surface area contributed by atoms with Gasteiger partial charge >= 0.3 is 0 Å². The van der Waals surface area contributed by atoms with Crippen LogP contribution in [0.3, 0.4) is 0 Å². The van der Waals surface area contributed by atoms with Crippen molar-refractivity contribution < 1.29 is 13.9 Å². The van der Waals surface area contributed by atoms with Gasteiger partial charge in [0.1, 0.15) is 23.4 Å². The quantitative estimate of drug-likeness (QED) is 0.482. The fraction of sp³-hybridized carbons (Fsp3) is 0.240. The molecule has 7 nitrogen and oxygen atoms in total. The van der Waals surface area contributed by atoms with Gasteiger partial charge in [-0.25, -0.2) is 14.4 Å². The summed E-state index contributed by atoms with van der Waals surface area (Å²) >= 11 is 0. The van der Waals surface area contributed by atoms with Gasteiger partial charge in [-0.15, -0.1) is 0 Å². The topological polar surface area (TPSA) is 95.1 Å². The lowest BCUT2D eigenvalue weighted by Crippen LogP contribution is -2.16. The summed E-state index contributed by atoms with van der Waals surface area (Å²) in [7, 11) is 1.57. The minimum atomic E-state index is -0.468. The van der Waals surface area contributed by atoms with E-state index in [1.54, 1.807) is 19.2 Å². The zero-order valence-corrected chi connectivity index (χ0v) is 18.5. The third-order valence-corrected chi connectivity index (χ3v) is 6.09. The molecule has 0 bridgehead atoms. The number of benzene rings is 2. The van der Waals surface area contributed by atoms with Gasteiger partial charge < -0.3 is 20.4 Å². The van der Waals surface area contributed by atoms with Crippen molar-refractivity contribution in [2.45, 2.75) is 32.6 Å². The molecule has 1 amide bonds. The summed E-state index contributed by atoms with van der Waals surface area (Å²) in [6.07, 6.45) is 4.50. The van der Waals surface area contributed by atoms with Gasteiger partial charge in [0.05, 0.1) is 24.7 Å². The van der Waals surface area contributed by atoms with Gasteiger partial charge in [0.2, 0.25) is 5.91 Å². The summed E-state index contributed by atoms with van der Waals surface area (Å²) in [5.41, 5.74) is 12.9. The van der Waals surface area contributed by atoms with Crippen LogP contribution < -0.4 is 15.8 Å². The molecule has 4 aromatic rings. The number of carbonyl (C=O) groups excluding carboxylic acids is 1. The van der Waals surface area contributed by atoms with E-state index < -0.39 is 5.82 Å². The van der Waals surface area contributed by atoms with Gasteiger partial charge in [0, 0.05) is 23.0 Å². The maximum absolute atomic E-state index is 14.0. The lowest BCUT2D eigenvalue weighted by atomic mass is 10.1. The molecule has 5 rings (SSSR count). The molecule has 0 saturated heterocycles. The fourth-order valence-corrected chi connectivity index (χ4v) is 4.60. The number of hydrogen-bond acceptors (Lipinski definition) is 5. The number of aromatic nitrogens is 3. The van der Waals surface area contributed by atoms with Crippen molar-refractivity contribution in [1.82, 2.24) is 14.5 Å². The normalized spacial score (nSPS) is 12.7. The van der Waals surface area contributed by atoms with Crippen LogP contribution >= 0.6 is 0 Å². The molecule has 33 heavy (non-hydrogen) atoms. The van der Waals surface area contributed by atoms with Crippen LogP contribution in [-0.4, -0.2) is 27.6 Å². The van der Waals surface area contributed by atoms with Crippen LogP contribution in [0.15, 0.2) is 42.7 Å². The zero-order valence-electron chi connectivity index (χ0n) is 18.5. The van der Waals surface area contributed by atoms with Gasteiger partial charge in [0.25, 0.3) is 0 Å².